The van der Waals surface area contributed by atoms with E-state index in [9.17, 15) is 9.18 Å². The zero-order chi connectivity index (χ0) is 15.9. The standard InChI is InChI=1S/C16H20FN3O3/c17-16(3-1-4-16)14(21)20-10-15(11-20)8-12(2-7-22-15)23-13-9-18-5-6-19-13/h5-6,9,12H,1-4,7-8,10-11H2/t12-/m1/s1. The summed E-state index contributed by atoms with van der Waals surface area (Å²) in [7, 11) is 0. The van der Waals surface area contributed by atoms with Crippen molar-refractivity contribution in [2.24, 2.45) is 0 Å². The summed E-state index contributed by atoms with van der Waals surface area (Å²) in [5, 5.41) is 0. The molecule has 0 N–H and O–H groups in total. The van der Waals surface area contributed by atoms with Crippen molar-refractivity contribution < 1.29 is 18.7 Å². The number of nitrogens with zero attached hydrogens (tertiary/aromatic N) is 3. The Balaban J connectivity index is 1.34. The van der Waals surface area contributed by atoms with Crippen molar-refractivity contribution in [3.8, 4) is 5.88 Å². The molecule has 0 unspecified atom stereocenters. The van der Waals surface area contributed by atoms with Crippen LogP contribution in [0.3, 0.4) is 0 Å². The van der Waals surface area contributed by atoms with Crippen LogP contribution in [0, 0.1) is 0 Å². The van der Waals surface area contributed by atoms with Crippen LogP contribution in [-0.2, 0) is 9.53 Å². The van der Waals surface area contributed by atoms with Gasteiger partial charge in [-0.25, -0.2) is 9.37 Å². The van der Waals surface area contributed by atoms with E-state index in [4.69, 9.17) is 9.47 Å². The molecule has 1 atom stereocenters. The van der Waals surface area contributed by atoms with Crippen molar-refractivity contribution in [1.82, 2.24) is 14.9 Å². The number of amides is 1. The third kappa shape index (κ3) is 2.67. The van der Waals surface area contributed by atoms with Gasteiger partial charge in [0.2, 0.25) is 5.88 Å². The summed E-state index contributed by atoms with van der Waals surface area (Å²) < 4.78 is 26.0. The van der Waals surface area contributed by atoms with Gasteiger partial charge >= 0.3 is 0 Å². The molecular formula is C16H20FN3O3. The minimum atomic E-state index is -1.62. The fourth-order valence-electron chi connectivity index (χ4n) is 3.60. The zero-order valence-corrected chi connectivity index (χ0v) is 12.9. The summed E-state index contributed by atoms with van der Waals surface area (Å²) in [6.45, 7) is 1.49. The molecule has 3 fully saturated rings. The molecule has 0 bridgehead atoms. The van der Waals surface area contributed by atoms with E-state index < -0.39 is 5.67 Å². The van der Waals surface area contributed by atoms with Gasteiger partial charge in [-0.05, 0) is 19.3 Å². The van der Waals surface area contributed by atoms with Crippen molar-refractivity contribution in [2.75, 3.05) is 19.7 Å². The highest BCUT2D eigenvalue weighted by molar-refractivity contribution is 5.87. The van der Waals surface area contributed by atoms with Crippen LogP contribution >= 0.6 is 0 Å². The summed E-state index contributed by atoms with van der Waals surface area (Å²) in [6, 6.07) is 0. The molecule has 3 heterocycles. The van der Waals surface area contributed by atoms with Gasteiger partial charge in [-0.3, -0.25) is 9.78 Å². The minimum absolute atomic E-state index is 0.0132. The van der Waals surface area contributed by atoms with Gasteiger partial charge in [0.1, 0.15) is 11.7 Å². The first-order valence-corrected chi connectivity index (χ1v) is 8.14. The van der Waals surface area contributed by atoms with E-state index in [1.165, 1.54) is 0 Å². The summed E-state index contributed by atoms with van der Waals surface area (Å²) in [5.74, 6) is 0.133. The number of halogens is 1. The number of aromatic nitrogens is 2. The van der Waals surface area contributed by atoms with E-state index in [2.05, 4.69) is 9.97 Å². The second-order valence-corrected chi connectivity index (χ2v) is 6.79. The number of likely N-dealkylation sites (tertiary alicyclic amines) is 1. The Morgan fingerprint density at radius 2 is 2.22 bits per heavy atom. The third-order valence-electron chi connectivity index (χ3n) is 5.05. The Hall–Kier alpha value is -1.76. The highest BCUT2D eigenvalue weighted by Crippen LogP contribution is 2.42. The second-order valence-electron chi connectivity index (χ2n) is 6.79. The Morgan fingerprint density at radius 3 is 2.87 bits per heavy atom. The number of hydrogen-bond acceptors (Lipinski definition) is 5. The molecule has 2 aliphatic heterocycles. The molecule has 124 valence electrons. The summed E-state index contributed by atoms with van der Waals surface area (Å²) in [6.07, 6.45) is 7.73. The number of hydrogen-bond donors (Lipinski definition) is 0. The van der Waals surface area contributed by atoms with E-state index >= 15 is 0 Å². The SMILES string of the molecule is O=C(N1CC2(C[C@H](Oc3cnccn3)CCO2)C1)C1(F)CCC1. The Bertz CT molecular complexity index is 587. The van der Waals surface area contributed by atoms with Crippen molar-refractivity contribution in [1.29, 1.82) is 0 Å². The third-order valence-corrected chi connectivity index (χ3v) is 5.05. The van der Waals surface area contributed by atoms with Gasteiger partial charge in [0.05, 0.1) is 25.9 Å². The van der Waals surface area contributed by atoms with Gasteiger partial charge in [0, 0.05) is 25.2 Å². The van der Waals surface area contributed by atoms with E-state index in [1.54, 1.807) is 23.5 Å². The predicted octanol–water partition coefficient (Wildman–Crippen LogP) is 1.51. The first kappa shape index (κ1) is 14.8. The lowest BCUT2D eigenvalue weighted by molar-refractivity contribution is -0.202. The average molecular weight is 321 g/mol. The van der Waals surface area contributed by atoms with Gasteiger partial charge in [-0.1, -0.05) is 0 Å². The second kappa shape index (κ2) is 5.40. The molecule has 7 heteroatoms. The van der Waals surface area contributed by atoms with E-state index in [0.29, 0.717) is 44.8 Å². The molecule has 1 aliphatic carbocycles. The topological polar surface area (TPSA) is 64.6 Å². The summed E-state index contributed by atoms with van der Waals surface area (Å²) >= 11 is 0. The number of carbonyl (C=O) groups excluding carboxylic acids is 1. The molecule has 1 amide bonds. The number of alkyl halides is 1. The van der Waals surface area contributed by atoms with E-state index in [-0.39, 0.29) is 17.6 Å². The largest absolute Gasteiger partial charge is 0.473 e. The fourth-order valence-corrected chi connectivity index (χ4v) is 3.60. The quantitative estimate of drug-likeness (QED) is 0.844. The van der Waals surface area contributed by atoms with Crippen LogP contribution in [0.4, 0.5) is 4.39 Å². The lowest BCUT2D eigenvalue weighted by Crippen LogP contribution is -2.70. The number of carbonyl (C=O) groups is 1. The van der Waals surface area contributed by atoms with Crippen LogP contribution in [0.25, 0.3) is 0 Å². The maximum absolute atomic E-state index is 14.2. The molecule has 3 aliphatic rings. The maximum atomic E-state index is 14.2. The summed E-state index contributed by atoms with van der Waals surface area (Å²) in [5.41, 5.74) is -2.01. The minimum Gasteiger partial charge on any atom is -0.473 e. The Morgan fingerprint density at radius 1 is 1.39 bits per heavy atom. The van der Waals surface area contributed by atoms with Crippen molar-refractivity contribution in [3.05, 3.63) is 18.6 Å². The molecule has 23 heavy (non-hydrogen) atoms. The molecule has 1 spiro atoms. The fraction of sp³-hybridized carbons (Fsp3) is 0.688. The monoisotopic (exact) mass is 321 g/mol. The van der Waals surface area contributed by atoms with Gasteiger partial charge in [0.15, 0.2) is 5.67 Å². The van der Waals surface area contributed by atoms with Crippen LogP contribution in [0.2, 0.25) is 0 Å². The van der Waals surface area contributed by atoms with E-state index in [1.807, 2.05) is 0 Å². The average Bonchev–Trinajstić information content (AvgIpc) is 2.51. The van der Waals surface area contributed by atoms with Crippen LogP contribution in [0.5, 0.6) is 5.88 Å². The molecule has 0 aromatic carbocycles. The van der Waals surface area contributed by atoms with Crippen molar-refractivity contribution in [3.63, 3.8) is 0 Å². The molecular weight excluding hydrogens is 301 g/mol. The Kier molecular flexibility index (Phi) is 3.48. The van der Waals surface area contributed by atoms with Crippen LogP contribution in [0.1, 0.15) is 32.1 Å². The van der Waals surface area contributed by atoms with Gasteiger partial charge in [0.25, 0.3) is 5.91 Å². The molecule has 0 radical (unpaired) electrons. The lowest BCUT2D eigenvalue weighted by Gasteiger charge is -2.54. The zero-order valence-electron chi connectivity index (χ0n) is 12.9. The molecule has 2 saturated heterocycles. The van der Waals surface area contributed by atoms with Gasteiger partial charge in [-0.2, -0.15) is 0 Å². The molecule has 1 saturated carbocycles. The lowest BCUT2D eigenvalue weighted by atomic mass is 9.78. The number of ether oxygens (including phenoxy) is 2. The van der Waals surface area contributed by atoms with Gasteiger partial charge < -0.3 is 14.4 Å². The highest BCUT2D eigenvalue weighted by Gasteiger charge is 2.55. The molecule has 6 nitrogen and oxygen atoms in total. The number of rotatable bonds is 3. The van der Waals surface area contributed by atoms with Gasteiger partial charge in [-0.15, -0.1) is 0 Å². The first-order valence-electron chi connectivity index (χ1n) is 8.14. The van der Waals surface area contributed by atoms with E-state index in [0.717, 1.165) is 12.8 Å². The smallest absolute Gasteiger partial charge is 0.260 e. The van der Waals surface area contributed by atoms with Crippen LogP contribution < -0.4 is 4.74 Å². The summed E-state index contributed by atoms with van der Waals surface area (Å²) in [4.78, 5) is 21.9. The van der Waals surface area contributed by atoms with Crippen molar-refractivity contribution in [2.45, 2.75) is 49.5 Å². The molecule has 4 rings (SSSR count). The highest BCUT2D eigenvalue weighted by atomic mass is 19.1. The molecule has 1 aromatic rings. The van der Waals surface area contributed by atoms with Crippen molar-refractivity contribution >= 4 is 5.91 Å². The predicted molar refractivity (Wildman–Crippen MR) is 78.6 cm³/mol. The molecule has 1 aromatic heterocycles. The first-order chi connectivity index (χ1) is 11.1. The van der Waals surface area contributed by atoms with Crippen LogP contribution in [0.15, 0.2) is 18.6 Å². The van der Waals surface area contributed by atoms with Crippen LogP contribution in [-0.4, -0.2) is 57.8 Å². The Labute approximate surface area is 134 Å². The normalized spacial score (nSPS) is 27.9. The maximum Gasteiger partial charge on any atom is 0.260 e.